The molecule has 0 bridgehead atoms. The lowest BCUT2D eigenvalue weighted by molar-refractivity contribution is 0.188. The number of likely N-dealkylation sites (tertiary alicyclic amines) is 1. The molecule has 1 saturated heterocycles. The van der Waals surface area contributed by atoms with Crippen molar-refractivity contribution in [1.82, 2.24) is 10.2 Å². The molecule has 2 fully saturated rings. The maximum atomic E-state index is 3.67. The van der Waals surface area contributed by atoms with E-state index in [-0.39, 0.29) is 0 Å². The number of nitrogens with zero attached hydrogens (tertiary/aromatic N) is 1. The van der Waals surface area contributed by atoms with E-state index in [4.69, 9.17) is 0 Å². The molecule has 0 aromatic heterocycles. The first-order valence-electron chi connectivity index (χ1n) is 7.18. The van der Waals surface area contributed by atoms with Gasteiger partial charge < -0.3 is 10.2 Å². The third kappa shape index (κ3) is 3.21. The lowest BCUT2D eigenvalue weighted by Crippen LogP contribution is -2.36. The van der Waals surface area contributed by atoms with E-state index < -0.39 is 0 Å². The second-order valence-electron chi connectivity index (χ2n) is 5.96. The minimum Gasteiger partial charge on any atom is -0.314 e. The summed E-state index contributed by atoms with van der Waals surface area (Å²) in [5.74, 6) is 1.75. The van der Waals surface area contributed by atoms with Gasteiger partial charge in [0.15, 0.2) is 0 Å². The number of rotatable bonds is 6. The highest BCUT2D eigenvalue weighted by Gasteiger charge is 2.29. The Morgan fingerprint density at radius 2 is 2.00 bits per heavy atom. The minimum atomic E-state index is 0.774. The van der Waals surface area contributed by atoms with Crippen molar-refractivity contribution in [1.29, 1.82) is 0 Å². The SMILES string of the molecule is CCC(C)C(C)N1CCC(CNC2CC2)C1. The molecule has 1 aliphatic heterocycles. The highest BCUT2D eigenvalue weighted by Crippen LogP contribution is 2.24. The molecule has 3 atom stereocenters. The second-order valence-corrected chi connectivity index (χ2v) is 5.96. The van der Waals surface area contributed by atoms with Crippen LogP contribution in [0.4, 0.5) is 0 Å². The lowest BCUT2D eigenvalue weighted by Gasteiger charge is -2.29. The molecule has 0 radical (unpaired) electrons. The van der Waals surface area contributed by atoms with Gasteiger partial charge in [0.2, 0.25) is 0 Å². The lowest BCUT2D eigenvalue weighted by atomic mass is 10.00. The van der Waals surface area contributed by atoms with E-state index in [9.17, 15) is 0 Å². The zero-order valence-corrected chi connectivity index (χ0v) is 11.2. The van der Waals surface area contributed by atoms with Gasteiger partial charge in [-0.3, -0.25) is 0 Å². The molecule has 1 saturated carbocycles. The van der Waals surface area contributed by atoms with Crippen LogP contribution in [0.2, 0.25) is 0 Å². The van der Waals surface area contributed by atoms with Crippen LogP contribution in [-0.2, 0) is 0 Å². The normalized spacial score (nSPS) is 30.6. The highest BCUT2D eigenvalue weighted by atomic mass is 15.2. The molecule has 0 spiro atoms. The molecule has 2 rings (SSSR count). The number of nitrogens with one attached hydrogen (secondary N) is 1. The van der Waals surface area contributed by atoms with Gasteiger partial charge in [0.25, 0.3) is 0 Å². The summed E-state index contributed by atoms with van der Waals surface area (Å²) >= 11 is 0. The van der Waals surface area contributed by atoms with Crippen LogP contribution in [-0.4, -0.2) is 36.6 Å². The van der Waals surface area contributed by atoms with E-state index in [1.807, 2.05) is 0 Å². The summed E-state index contributed by atoms with van der Waals surface area (Å²) < 4.78 is 0. The fourth-order valence-electron chi connectivity index (χ4n) is 2.72. The van der Waals surface area contributed by atoms with E-state index >= 15 is 0 Å². The van der Waals surface area contributed by atoms with Crippen LogP contribution in [0.5, 0.6) is 0 Å². The zero-order valence-electron chi connectivity index (χ0n) is 11.2. The van der Waals surface area contributed by atoms with Crippen molar-refractivity contribution in [3.05, 3.63) is 0 Å². The monoisotopic (exact) mass is 224 g/mol. The largest absolute Gasteiger partial charge is 0.314 e. The molecule has 0 aromatic carbocycles. The van der Waals surface area contributed by atoms with Crippen LogP contribution < -0.4 is 5.32 Å². The predicted octanol–water partition coefficient (Wildman–Crippen LogP) is 2.49. The Labute approximate surface area is 101 Å². The number of hydrogen-bond donors (Lipinski definition) is 1. The molecule has 1 heterocycles. The summed E-state index contributed by atoms with van der Waals surface area (Å²) in [5, 5.41) is 3.67. The molecule has 2 nitrogen and oxygen atoms in total. The average molecular weight is 224 g/mol. The van der Waals surface area contributed by atoms with E-state index in [0.717, 1.165) is 23.9 Å². The first-order chi connectivity index (χ1) is 7.70. The molecule has 0 amide bonds. The van der Waals surface area contributed by atoms with Crippen LogP contribution in [0.1, 0.15) is 46.5 Å². The Morgan fingerprint density at radius 1 is 1.25 bits per heavy atom. The van der Waals surface area contributed by atoms with Gasteiger partial charge >= 0.3 is 0 Å². The predicted molar refractivity (Wildman–Crippen MR) is 69.6 cm³/mol. The Balaban J connectivity index is 1.69. The Morgan fingerprint density at radius 3 is 2.62 bits per heavy atom. The highest BCUT2D eigenvalue weighted by molar-refractivity contribution is 4.86. The van der Waals surface area contributed by atoms with Crippen LogP contribution >= 0.6 is 0 Å². The van der Waals surface area contributed by atoms with Crippen LogP contribution in [0.25, 0.3) is 0 Å². The molecule has 1 aliphatic carbocycles. The Kier molecular flexibility index (Phi) is 4.26. The molecule has 94 valence electrons. The minimum absolute atomic E-state index is 0.774. The first kappa shape index (κ1) is 12.4. The fourth-order valence-corrected chi connectivity index (χ4v) is 2.72. The van der Waals surface area contributed by atoms with Crippen molar-refractivity contribution in [3.8, 4) is 0 Å². The zero-order chi connectivity index (χ0) is 11.5. The Bertz CT molecular complexity index is 213. The van der Waals surface area contributed by atoms with Gasteiger partial charge in [-0.05, 0) is 51.1 Å². The van der Waals surface area contributed by atoms with Crippen LogP contribution in [0, 0.1) is 11.8 Å². The van der Waals surface area contributed by atoms with Gasteiger partial charge in [-0.25, -0.2) is 0 Å². The summed E-state index contributed by atoms with van der Waals surface area (Å²) in [6, 6.07) is 1.65. The fraction of sp³-hybridized carbons (Fsp3) is 1.00. The van der Waals surface area contributed by atoms with Crippen molar-refractivity contribution in [2.24, 2.45) is 11.8 Å². The molecular weight excluding hydrogens is 196 g/mol. The number of hydrogen-bond acceptors (Lipinski definition) is 2. The smallest absolute Gasteiger partial charge is 0.00925 e. The topological polar surface area (TPSA) is 15.3 Å². The quantitative estimate of drug-likeness (QED) is 0.746. The van der Waals surface area contributed by atoms with Gasteiger partial charge in [0.1, 0.15) is 0 Å². The third-order valence-corrected chi connectivity index (χ3v) is 4.63. The van der Waals surface area contributed by atoms with Crippen molar-refractivity contribution in [2.45, 2.75) is 58.5 Å². The van der Waals surface area contributed by atoms with E-state index in [1.165, 1.54) is 45.3 Å². The molecular formula is C14H28N2. The summed E-state index contributed by atoms with van der Waals surface area (Å²) in [5.41, 5.74) is 0. The average Bonchev–Trinajstić information content (AvgIpc) is 3.02. The van der Waals surface area contributed by atoms with Gasteiger partial charge in [0, 0.05) is 18.6 Å². The van der Waals surface area contributed by atoms with Crippen molar-refractivity contribution in [3.63, 3.8) is 0 Å². The Hall–Kier alpha value is -0.0800. The van der Waals surface area contributed by atoms with E-state index in [2.05, 4.69) is 31.0 Å². The maximum Gasteiger partial charge on any atom is 0.00925 e. The van der Waals surface area contributed by atoms with Gasteiger partial charge in [0.05, 0.1) is 0 Å². The van der Waals surface area contributed by atoms with Gasteiger partial charge in [-0.1, -0.05) is 20.3 Å². The molecule has 1 N–H and O–H groups in total. The second kappa shape index (κ2) is 5.50. The van der Waals surface area contributed by atoms with Crippen molar-refractivity contribution >= 4 is 0 Å². The van der Waals surface area contributed by atoms with Crippen LogP contribution in [0.15, 0.2) is 0 Å². The van der Waals surface area contributed by atoms with Gasteiger partial charge in [-0.15, -0.1) is 0 Å². The van der Waals surface area contributed by atoms with Gasteiger partial charge in [-0.2, -0.15) is 0 Å². The van der Waals surface area contributed by atoms with Crippen molar-refractivity contribution < 1.29 is 0 Å². The summed E-state index contributed by atoms with van der Waals surface area (Å²) in [6.07, 6.45) is 5.54. The van der Waals surface area contributed by atoms with Crippen molar-refractivity contribution in [2.75, 3.05) is 19.6 Å². The third-order valence-electron chi connectivity index (χ3n) is 4.63. The molecule has 2 aliphatic rings. The first-order valence-corrected chi connectivity index (χ1v) is 7.18. The molecule has 3 unspecified atom stereocenters. The van der Waals surface area contributed by atoms with E-state index in [1.54, 1.807) is 0 Å². The summed E-state index contributed by atoms with van der Waals surface area (Å²) in [6.45, 7) is 11.0. The molecule has 0 aromatic rings. The summed E-state index contributed by atoms with van der Waals surface area (Å²) in [4.78, 5) is 2.70. The van der Waals surface area contributed by atoms with E-state index in [0.29, 0.717) is 0 Å². The molecule has 16 heavy (non-hydrogen) atoms. The maximum absolute atomic E-state index is 3.67. The summed E-state index contributed by atoms with van der Waals surface area (Å²) in [7, 11) is 0. The standard InChI is InChI=1S/C14H28N2/c1-4-11(2)12(3)16-8-7-13(10-16)9-15-14-5-6-14/h11-15H,4-10H2,1-3H3. The van der Waals surface area contributed by atoms with Crippen LogP contribution in [0.3, 0.4) is 0 Å². The molecule has 2 heteroatoms.